The standard InChI is InChI=1S/C23H19NO2/c1-16(26-20-14-13-17-7-2-3-9-19(17)15-20)23(25)24-22-12-6-10-18-8-4-5-11-21(18)22/h2-16H,1H3,(H,24,25). The van der Waals surface area contributed by atoms with E-state index in [0.29, 0.717) is 5.75 Å². The number of hydrogen-bond acceptors (Lipinski definition) is 2. The summed E-state index contributed by atoms with van der Waals surface area (Å²) in [5.41, 5.74) is 0.794. The fourth-order valence-electron chi connectivity index (χ4n) is 3.07. The van der Waals surface area contributed by atoms with E-state index >= 15 is 0 Å². The summed E-state index contributed by atoms with van der Waals surface area (Å²) in [5.74, 6) is 0.513. The lowest BCUT2D eigenvalue weighted by atomic mass is 10.1. The van der Waals surface area contributed by atoms with Crippen molar-refractivity contribution in [2.45, 2.75) is 13.0 Å². The third-order valence-corrected chi connectivity index (χ3v) is 4.45. The van der Waals surface area contributed by atoms with Crippen LogP contribution in [-0.2, 0) is 4.79 Å². The van der Waals surface area contributed by atoms with Gasteiger partial charge in [-0.15, -0.1) is 0 Å². The number of amides is 1. The van der Waals surface area contributed by atoms with Crippen molar-refractivity contribution in [3.63, 3.8) is 0 Å². The Morgan fingerprint density at radius 1 is 0.808 bits per heavy atom. The predicted molar refractivity (Wildman–Crippen MR) is 107 cm³/mol. The minimum Gasteiger partial charge on any atom is -0.481 e. The molecule has 4 rings (SSSR count). The third kappa shape index (κ3) is 3.24. The summed E-state index contributed by atoms with van der Waals surface area (Å²) in [6.07, 6.45) is -0.602. The molecule has 26 heavy (non-hydrogen) atoms. The summed E-state index contributed by atoms with van der Waals surface area (Å²) in [7, 11) is 0. The fourth-order valence-corrected chi connectivity index (χ4v) is 3.07. The highest BCUT2D eigenvalue weighted by atomic mass is 16.5. The molecule has 0 aromatic heterocycles. The lowest BCUT2D eigenvalue weighted by Gasteiger charge is -2.16. The number of carbonyl (C=O) groups excluding carboxylic acids is 1. The summed E-state index contributed by atoms with van der Waals surface area (Å²) in [6.45, 7) is 1.76. The summed E-state index contributed by atoms with van der Waals surface area (Å²) < 4.78 is 5.86. The van der Waals surface area contributed by atoms with Gasteiger partial charge in [-0.25, -0.2) is 0 Å². The molecule has 0 aliphatic heterocycles. The van der Waals surface area contributed by atoms with Crippen molar-refractivity contribution in [3.8, 4) is 5.75 Å². The molecule has 3 nitrogen and oxygen atoms in total. The van der Waals surface area contributed by atoms with Crippen LogP contribution in [0.4, 0.5) is 5.69 Å². The second-order valence-electron chi connectivity index (χ2n) is 6.28. The van der Waals surface area contributed by atoms with Gasteiger partial charge in [0.25, 0.3) is 5.91 Å². The molecule has 0 saturated heterocycles. The van der Waals surface area contributed by atoms with E-state index in [1.54, 1.807) is 6.92 Å². The molecule has 0 spiro atoms. The Bertz CT molecular complexity index is 1080. The quantitative estimate of drug-likeness (QED) is 0.540. The van der Waals surface area contributed by atoms with Gasteiger partial charge in [-0.05, 0) is 41.3 Å². The summed E-state index contributed by atoms with van der Waals surface area (Å²) in [4.78, 5) is 12.6. The molecule has 1 unspecified atom stereocenters. The van der Waals surface area contributed by atoms with Crippen molar-refractivity contribution in [1.82, 2.24) is 0 Å². The molecule has 4 aromatic carbocycles. The van der Waals surface area contributed by atoms with Gasteiger partial charge in [0.15, 0.2) is 6.10 Å². The van der Waals surface area contributed by atoms with Crippen molar-refractivity contribution in [2.75, 3.05) is 5.32 Å². The molecular weight excluding hydrogens is 322 g/mol. The van der Waals surface area contributed by atoms with Gasteiger partial charge < -0.3 is 10.1 Å². The Labute approximate surface area is 152 Å². The van der Waals surface area contributed by atoms with Gasteiger partial charge in [-0.3, -0.25) is 4.79 Å². The number of benzene rings is 4. The summed E-state index contributed by atoms with van der Waals surface area (Å²) in [5, 5.41) is 7.32. The van der Waals surface area contributed by atoms with Crippen LogP contribution in [-0.4, -0.2) is 12.0 Å². The second kappa shape index (κ2) is 6.89. The van der Waals surface area contributed by atoms with E-state index < -0.39 is 6.10 Å². The molecule has 0 radical (unpaired) electrons. The number of carbonyl (C=O) groups is 1. The van der Waals surface area contributed by atoms with E-state index in [2.05, 4.69) is 11.4 Å². The molecule has 0 heterocycles. The Kier molecular flexibility index (Phi) is 4.28. The van der Waals surface area contributed by atoms with Gasteiger partial charge in [0, 0.05) is 11.1 Å². The fraction of sp³-hybridized carbons (Fsp3) is 0.0870. The number of ether oxygens (including phenoxy) is 1. The maximum atomic E-state index is 12.6. The highest BCUT2D eigenvalue weighted by Gasteiger charge is 2.16. The average Bonchev–Trinajstić information content (AvgIpc) is 2.68. The van der Waals surface area contributed by atoms with E-state index in [0.717, 1.165) is 27.2 Å². The highest BCUT2D eigenvalue weighted by molar-refractivity contribution is 6.03. The Hall–Kier alpha value is -3.33. The molecule has 3 heteroatoms. The molecule has 0 bridgehead atoms. The Morgan fingerprint density at radius 2 is 1.50 bits per heavy atom. The molecule has 1 amide bonds. The number of anilines is 1. The Morgan fingerprint density at radius 3 is 2.35 bits per heavy atom. The van der Waals surface area contributed by atoms with Crippen molar-refractivity contribution < 1.29 is 9.53 Å². The van der Waals surface area contributed by atoms with E-state index in [-0.39, 0.29) is 5.91 Å². The smallest absolute Gasteiger partial charge is 0.265 e. The zero-order valence-electron chi connectivity index (χ0n) is 14.5. The average molecular weight is 341 g/mol. The first-order valence-corrected chi connectivity index (χ1v) is 8.65. The van der Waals surface area contributed by atoms with Gasteiger partial charge in [-0.1, -0.05) is 66.7 Å². The first-order valence-electron chi connectivity index (χ1n) is 8.65. The molecule has 0 saturated carbocycles. The van der Waals surface area contributed by atoms with Crippen LogP contribution in [0.2, 0.25) is 0 Å². The van der Waals surface area contributed by atoms with Crippen LogP contribution < -0.4 is 10.1 Å². The largest absolute Gasteiger partial charge is 0.481 e. The summed E-state index contributed by atoms with van der Waals surface area (Å²) in [6, 6.07) is 27.8. The molecule has 0 aliphatic carbocycles. The SMILES string of the molecule is CC(Oc1ccc2ccccc2c1)C(=O)Nc1cccc2ccccc12. The molecule has 128 valence electrons. The molecule has 1 atom stereocenters. The maximum Gasteiger partial charge on any atom is 0.265 e. The lowest BCUT2D eigenvalue weighted by molar-refractivity contribution is -0.122. The lowest BCUT2D eigenvalue weighted by Crippen LogP contribution is -2.30. The monoisotopic (exact) mass is 341 g/mol. The molecular formula is C23H19NO2. The molecule has 0 aliphatic rings. The zero-order chi connectivity index (χ0) is 17.9. The van der Waals surface area contributed by atoms with Crippen LogP contribution in [0.25, 0.3) is 21.5 Å². The van der Waals surface area contributed by atoms with Crippen molar-refractivity contribution >= 4 is 33.1 Å². The predicted octanol–water partition coefficient (Wildman–Crippen LogP) is 5.40. The maximum absolute atomic E-state index is 12.6. The minimum absolute atomic E-state index is 0.172. The number of rotatable bonds is 4. The normalized spacial score (nSPS) is 12.0. The van der Waals surface area contributed by atoms with Crippen LogP contribution in [0.3, 0.4) is 0 Å². The van der Waals surface area contributed by atoms with Crippen LogP contribution in [0.15, 0.2) is 84.9 Å². The summed E-state index contributed by atoms with van der Waals surface area (Å²) >= 11 is 0. The second-order valence-corrected chi connectivity index (χ2v) is 6.28. The molecule has 4 aromatic rings. The van der Waals surface area contributed by atoms with Crippen LogP contribution >= 0.6 is 0 Å². The van der Waals surface area contributed by atoms with Gasteiger partial charge in [0.1, 0.15) is 5.75 Å². The highest BCUT2D eigenvalue weighted by Crippen LogP contribution is 2.24. The van der Waals surface area contributed by atoms with Crippen LogP contribution in [0.1, 0.15) is 6.92 Å². The van der Waals surface area contributed by atoms with Gasteiger partial charge in [0.2, 0.25) is 0 Å². The number of fused-ring (bicyclic) bond motifs is 2. The number of nitrogens with one attached hydrogen (secondary N) is 1. The van der Waals surface area contributed by atoms with Gasteiger partial charge in [0.05, 0.1) is 0 Å². The van der Waals surface area contributed by atoms with Crippen LogP contribution in [0.5, 0.6) is 5.75 Å². The zero-order valence-corrected chi connectivity index (χ0v) is 14.5. The number of hydrogen-bond donors (Lipinski definition) is 1. The first-order chi connectivity index (χ1) is 12.7. The van der Waals surface area contributed by atoms with E-state index in [1.807, 2.05) is 78.9 Å². The third-order valence-electron chi connectivity index (χ3n) is 4.45. The molecule has 0 fully saturated rings. The minimum atomic E-state index is -0.602. The van der Waals surface area contributed by atoms with Crippen LogP contribution in [0, 0.1) is 0 Å². The first kappa shape index (κ1) is 16.2. The van der Waals surface area contributed by atoms with Gasteiger partial charge in [-0.2, -0.15) is 0 Å². The Balaban J connectivity index is 1.52. The van der Waals surface area contributed by atoms with Crippen molar-refractivity contribution in [2.24, 2.45) is 0 Å². The van der Waals surface area contributed by atoms with Crippen molar-refractivity contribution in [1.29, 1.82) is 0 Å². The van der Waals surface area contributed by atoms with E-state index in [1.165, 1.54) is 0 Å². The van der Waals surface area contributed by atoms with E-state index in [4.69, 9.17) is 4.74 Å². The topological polar surface area (TPSA) is 38.3 Å². The van der Waals surface area contributed by atoms with E-state index in [9.17, 15) is 4.79 Å². The molecule has 1 N–H and O–H groups in total. The van der Waals surface area contributed by atoms with Gasteiger partial charge >= 0.3 is 0 Å². The van der Waals surface area contributed by atoms with Crippen molar-refractivity contribution in [3.05, 3.63) is 84.9 Å².